The van der Waals surface area contributed by atoms with Crippen molar-refractivity contribution < 1.29 is 13.2 Å². The number of sulfone groups is 1. The molecule has 2 aromatic rings. The lowest BCUT2D eigenvalue weighted by Crippen LogP contribution is -2.36. The van der Waals surface area contributed by atoms with E-state index in [2.05, 4.69) is 10.3 Å². The third-order valence-corrected chi connectivity index (χ3v) is 6.53. The summed E-state index contributed by atoms with van der Waals surface area (Å²) in [4.78, 5) is 18.8. The Morgan fingerprint density at radius 2 is 1.93 bits per heavy atom. The molecule has 1 saturated heterocycles. The second-order valence-corrected chi connectivity index (χ2v) is 9.30. The molecule has 144 valence electrons. The zero-order valence-corrected chi connectivity index (χ0v) is 16.7. The van der Waals surface area contributed by atoms with Crippen LogP contribution >= 0.6 is 0 Å². The lowest BCUT2D eigenvalue weighted by atomic mass is 10.1. The minimum Gasteiger partial charge on any atom is -0.367 e. The van der Waals surface area contributed by atoms with Gasteiger partial charge in [-0.15, -0.1) is 0 Å². The number of pyridine rings is 1. The number of hydrogen-bond donors (Lipinski definition) is 1. The predicted molar refractivity (Wildman–Crippen MR) is 108 cm³/mol. The van der Waals surface area contributed by atoms with Gasteiger partial charge in [0, 0.05) is 18.3 Å². The zero-order valence-electron chi connectivity index (χ0n) is 15.9. The van der Waals surface area contributed by atoms with Gasteiger partial charge in [-0.1, -0.05) is 6.07 Å². The van der Waals surface area contributed by atoms with Gasteiger partial charge in [0.05, 0.1) is 23.4 Å². The Hall–Kier alpha value is -2.41. The van der Waals surface area contributed by atoms with Gasteiger partial charge < -0.3 is 10.2 Å². The molecule has 27 heavy (non-hydrogen) atoms. The summed E-state index contributed by atoms with van der Waals surface area (Å²) in [7, 11) is -2.95. The fraction of sp³-hybridized carbons (Fsp3) is 0.400. The molecular weight excluding hydrogens is 362 g/mol. The van der Waals surface area contributed by atoms with Gasteiger partial charge in [0.1, 0.15) is 5.69 Å². The predicted octanol–water partition coefficient (Wildman–Crippen LogP) is 2.96. The van der Waals surface area contributed by atoms with E-state index in [0.29, 0.717) is 18.7 Å². The van der Waals surface area contributed by atoms with Crippen LogP contribution in [0.4, 0.5) is 11.4 Å². The quantitative estimate of drug-likeness (QED) is 0.853. The summed E-state index contributed by atoms with van der Waals surface area (Å²) in [6, 6.07) is 9.36. The minimum absolute atomic E-state index is 0.0308. The molecule has 0 radical (unpaired) electrons. The Kier molecular flexibility index (Phi) is 5.51. The van der Waals surface area contributed by atoms with Crippen LogP contribution in [0.2, 0.25) is 0 Å². The first kappa shape index (κ1) is 19.4. The molecule has 1 fully saturated rings. The van der Waals surface area contributed by atoms with Crippen LogP contribution in [0.1, 0.15) is 35.0 Å². The van der Waals surface area contributed by atoms with Gasteiger partial charge in [-0.2, -0.15) is 0 Å². The number of aromatic nitrogens is 1. The average Bonchev–Trinajstić information content (AvgIpc) is 2.95. The lowest BCUT2D eigenvalue weighted by Gasteiger charge is -2.28. The monoisotopic (exact) mass is 387 g/mol. The van der Waals surface area contributed by atoms with E-state index in [0.717, 1.165) is 22.5 Å². The maximum absolute atomic E-state index is 12.5. The molecule has 0 bridgehead atoms. The normalized spacial score (nSPS) is 18.3. The highest BCUT2D eigenvalue weighted by molar-refractivity contribution is 7.91. The number of aryl methyl sites for hydroxylation is 2. The van der Waals surface area contributed by atoms with E-state index < -0.39 is 9.84 Å². The molecule has 1 atom stereocenters. The SMILES string of the molecule is CCN(c1ccc(C(=O)Nc2cc(C)cc(C)c2)nc1)C1CCS(=O)(=O)C1. The summed E-state index contributed by atoms with van der Waals surface area (Å²) in [6.45, 7) is 6.65. The van der Waals surface area contributed by atoms with Crippen molar-refractivity contribution in [3.05, 3.63) is 53.3 Å². The molecule has 0 saturated carbocycles. The molecule has 1 aromatic carbocycles. The molecule has 1 unspecified atom stereocenters. The molecule has 0 aliphatic carbocycles. The van der Waals surface area contributed by atoms with Crippen molar-refractivity contribution in [1.29, 1.82) is 0 Å². The van der Waals surface area contributed by atoms with Gasteiger partial charge in [0.2, 0.25) is 0 Å². The molecule has 1 N–H and O–H groups in total. The Morgan fingerprint density at radius 3 is 2.44 bits per heavy atom. The van der Waals surface area contributed by atoms with Crippen molar-refractivity contribution in [2.45, 2.75) is 33.2 Å². The summed E-state index contributed by atoms with van der Waals surface area (Å²) in [5.74, 6) is 0.145. The van der Waals surface area contributed by atoms with Crippen molar-refractivity contribution >= 4 is 27.1 Å². The van der Waals surface area contributed by atoms with Gasteiger partial charge >= 0.3 is 0 Å². The summed E-state index contributed by atoms with van der Waals surface area (Å²) >= 11 is 0. The highest BCUT2D eigenvalue weighted by Gasteiger charge is 2.32. The van der Waals surface area contributed by atoms with E-state index in [-0.39, 0.29) is 23.5 Å². The van der Waals surface area contributed by atoms with Crippen LogP contribution < -0.4 is 10.2 Å². The molecule has 1 aliphatic heterocycles. The molecule has 1 amide bonds. The van der Waals surface area contributed by atoms with Crippen LogP contribution in [0, 0.1) is 13.8 Å². The number of carbonyl (C=O) groups is 1. The highest BCUT2D eigenvalue weighted by atomic mass is 32.2. The zero-order chi connectivity index (χ0) is 19.6. The molecule has 2 heterocycles. The standard InChI is InChI=1S/C20H25N3O3S/c1-4-23(18-7-8-27(25,26)13-18)17-5-6-19(21-12-17)20(24)22-16-10-14(2)9-15(3)11-16/h5-6,9-12,18H,4,7-8,13H2,1-3H3,(H,22,24). The summed E-state index contributed by atoms with van der Waals surface area (Å²) in [5.41, 5.74) is 4.07. The van der Waals surface area contributed by atoms with E-state index in [9.17, 15) is 13.2 Å². The first-order valence-corrected chi connectivity index (χ1v) is 10.9. The second kappa shape index (κ2) is 7.68. The average molecular weight is 388 g/mol. The Bertz CT molecular complexity index is 919. The van der Waals surface area contributed by atoms with Gasteiger partial charge in [0.15, 0.2) is 9.84 Å². The summed E-state index contributed by atoms with van der Waals surface area (Å²) in [5, 5.41) is 2.87. The highest BCUT2D eigenvalue weighted by Crippen LogP contribution is 2.24. The number of amides is 1. The Balaban J connectivity index is 1.73. The van der Waals surface area contributed by atoms with Crippen LogP contribution in [0.5, 0.6) is 0 Å². The summed E-state index contributed by atoms with van der Waals surface area (Å²) < 4.78 is 23.5. The maximum atomic E-state index is 12.5. The van der Waals surface area contributed by atoms with Crippen molar-refractivity contribution in [1.82, 2.24) is 4.98 Å². The first-order valence-electron chi connectivity index (χ1n) is 9.10. The lowest BCUT2D eigenvalue weighted by molar-refractivity contribution is 0.102. The van der Waals surface area contributed by atoms with Crippen molar-refractivity contribution in [3.8, 4) is 0 Å². The largest absolute Gasteiger partial charge is 0.367 e. The summed E-state index contributed by atoms with van der Waals surface area (Å²) in [6.07, 6.45) is 2.27. The third kappa shape index (κ3) is 4.66. The number of anilines is 2. The minimum atomic E-state index is -2.95. The maximum Gasteiger partial charge on any atom is 0.274 e. The molecule has 1 aliphatic rings. The van der Waals surface area contributed by atoms with E-state index in [1.807, 2.05) is 49.9 Å². The van der Waals surface area contributed by atoms with Crippen LogP contribution in [0.15, 0.2) is 36.5 Å². The number of hydrogen-bond acceptors (Lipinski definition) is 5. The van der Waals surface area contributed by atoms with E-state index in [4.69, 9.17) is 0 Å². The number of rotatable bonds is 5. The third-order valence-electron chi connectivity index (χ3n) is 4.78. The number of nitrogens with one attached hydrogen (secondary N) is 1. The Morgan fingerprint density at radius 1 is 1.22 bits per heavy atom. The van der Waals surface area contributed by atoms with Gasteiger partial charge in [-0.25, -0.2) is 13.4 Å². The van der Waals surface area contributed by atoms with Crippen molar-refractivity contribution in [2.75, 3.05) is 28.3 Å². The molecule has 7 heteroatoms. The fourth-order valence-electron chi connectivity index (χ4n) is 3.61. The second-order valence-electron chi connectivity index (χ2n) is 7.08. The van der Waals surface area contributed by atoms with E-state index in [1.54, 1.807) is 12.3 Å². The number of carbonyl (C=O) groups excluding carboxylic acids is 1. The van der Waals surface area contributed by atoms with Crippen LogP contribution in [0.25, 0.3) is 0 Å². The molecular formula is C20H25N3O3S. The fourth-order valence-corrected chi connectivity index (χ4v) is 5.34. The number of nitrogens with zero attached hydrogens (tertiary/aromatic N) is 2. The van der Waals surface area contributed by atoms with Crippen molar-refractivity contribution in [2.24, 2.45) is 0 Å². The smallest absolute Gasteiger partial charge is 0.274 e. The molecule has 3 rings (SSSR count). The van der Waals surface area contributed by atoms with E-state index in [1.165, 1.54) is 0 Å². The van der Waals surface area contributed by atoms with Crippen LogP contribution in [-0.2, 0) is 9.84 Å². The molecule has 0 spiro atoms. The van der Waals surface area contributed by atoms with Gasteiger partial charge in [-0.3, -0.25) is 4.79 Å². The first-order chi connectivity index (χ1) is 12.8. The van der Waals surface area contributed by atoms with Gasteiger partial charge in [-0.05, 0) is 62.6 Å². The van der Waals surface area contributed by atoms with Crippen LogP contribution in [-0.4, -0.2) is 43.4 Å². The topological polar surface area (TPSA) is 79.4 Å². The molecule has 6 nitrogen and oxygen atoms in total. The van der Waals surface area contributed by atoms with Crippen LogP contribution in [0.3, 0.4) is 0 Å². The Labute approximate surface area is 160 Å². The molecule has 1 aromatic heterocycles. The van der Waals surface area contributed by atoms with Crippen molar-refractivity contribution in [3.63, 3.8) is 0 Å². The van der Waals surface area contributed by atoms with E-state index >= 15 is 0 Å². The number of benzene rings is 1. The van der Waals surface area contributed by atoms with Gasteiger partial charge in [0.25, 0.3) is 5.91 Å².